The predicted octanol–water partition coefficient (Wildman–Crippen LogP) is 4.34. The first-order chi connectivity index (χ1) is 9.31. The molecule has 2 aromatic carbocycles. The molecule has 0 spiro atoms. The Bertz CT molecular complexity index is 653. The first-order valence-corrected chi connectivity index (χ1v) is 6.27. The number of halogens is 1. The van der Waals surface area contributed by atoms with Crippen molar-refractivity contribution in [3.05, 3.63) is 84.4 Å². The zero-order valence-corrected chi connectivity index (χ0v) is 10.5. The highest BCUT2D eigenvalue weighted by atomic mass is 19.1. The summed E-state index contributed by atoms with van der Waals surface area (Å²) in [5.74, 6) is -0.201. The molecule has 0 radical (unpaired) electrons. The number of hydrogen-bond donors (Lipinski definition) is 0. The van der Waals surface area contributed by atoms with Gasteiger partial charge in [0, 0.05) is 18.9 Å². The highest BCUT2D eigenvalue weighted by Crippen LogP contribution is 2.20. The third-order valence-corrected chi connectivity index (χ3v) is 3.14. The van der Waals surface area contributed by atoms with Crippen LogP contribution >= 0.6 is 0 Å². The second-order valence-electron chi connectivity index (χ2n) is 4.57. The van der Waals surface area contributed by atoms with Crippen molar-refractivity contribution < 1.29 is 4.39 Å². The van der Waals surface area contributed by atoms with Crippen LogP contribution < -0.4 is 0 Å². The Labute approximate surface area is 111 Å². The summed E-state index contributed by atoms with van der Waals surface area (Å²) < 4.78 is 15.0. The molecular weight excluding hydrogens is 237 g/mol. The van der Waals surface area contributed by atoms with Gasteiger partial charge in [-0.15, -0.1) is 0 Å². The number of nitrogens with zero attached hydrogens (tertiary/aromatic N) is 1. The van der Waals surface area contributed by atoms with Gasteiger partial charge in [0.1, 0.15) is 5.82 Å². The van der Waals surface area contributed by atoms with Crippen LogP contribution in [0.1, 0.15) is 5.56 Å². The molecule has 1 nitrogen and oxygen atoms in total. The fraction of sp³-hybridized carbons (Fsp3) is 0.0588. The molecule has 0 bridgehead atoms. The van der Waals surface area contributed by atoms with Gasteiger partial charge in [0.2, 0.25) is 0 Å². The van der Waals surface area contributed by atoms with Crippen LogP contribution in [0.4, 0.5) is 4.39 Å². The zero-order valence-electron chi connectivity index (χ0n) is 10.5. The van der Waals surface area contributed by atoms with Crippen molar-refractivity contribution in [2.75, 3.05) is 0 Å². The van der Waals surface area contributed by atoms with Gasteiger partial charge in [-0.25, -0.2) is 4.39 Å². The standard InChI is InChI=1S/C17H14FN/c18-17-8-6-15(7-9-17)16-10-11-19(13-16)12-14-4-2-1-3-5-14/h1-11,13H,12H2. The van der Waals surface area contributed by atoms with Gasteiger partial charge in [-0.3, -0.25) is 0 Å². The van der Waals surface area contributed by atoms with Gasteiger partial charge in [0.15, 0.2) is 0 Å². The molecule has 0 N–H and O–H groups in total. The van der Waals surface area contributed by atoms with Crippen LogP contribution in [0.5, 0.6) is 0 Å². The predicted molar refractivity (Wildman–Crippen MR) is 75.4 cm³/mol. The maximum Gasteiger partial charge on any atom is 0.123 e. The van der Waals surface area contributed by atoms with Gasteiger partial charge in [-0.1, -0.05) is 42.5 Å². The van der Waals surface area contributed by atoms with Crippen molar-refractivity contribution in [3.63, 3.8) is 0 Å². The Kier molecular flexibility index (Phi) is 3.15. The van der Waals surface area contributed by atoms with Crippen LogP contribution in [0.3, 0.4) is 0 Å². The molecule has 0 aliphatic heterocycles. The van der Waals surface area contributed by atoms with Crippen molar-refractivity contribution >= 4 is 0 Å². The average Bonchev–Trinajstić information content (AvgIpc) is 2.89. The van der Waals surface area contributed by atoms with Crippen LogP contribution in [0.2, 0.25) is 0 Å². The Morgan fingerprint density at radius 2 is 1.53 bits per heavy atom. The summed E-state index contributed by atoms with van der Waals surface area (Å²) >= 11 is 0. The van der Waals surface area contributed by atoms with E-state index in [0.29, 0.717) is 0 Å². The van der Waals surface area contributed by atoms with Gasteiger partial charge < -0.3 is 4.57 Å². The van der Waals surface area contributed by atoms with Crippen LogP contribution in [0.15, 0.2) is 73.1 Å². The lowest BCUT2D eigenvalue weighted by Gasteiger charge is -2.02. The molecular formula is C17H14FN. The third kappa shape index (κ3) is 2.74. The minimum Gasteiger partial charge on any atom is -0.349 e. The molecule has 0 aliphatic rings. The second kappa shape index (κ2) is 5.11. The van der Waals surface area contributed by atoms with E-state index in [1.165, 1.54) is 17.7 Å². The first kappa shape index (κ1) is 11.7. The largest absolute Gasteiger partial charge is 0.349 e. The number of rotatable bonds is 3. The molecule has 0 saturated heterocycles. The summed E-state index contributed by atoms with van der Waals surface area (Å²) in [7, 11) is 0. The number of aromatic nitrogens is 1. The van der Waals surface area contributed by atoms with Crippen LogP contribution in [-0.4, -0.2) is 4.57 Å². The average molecular weight is 251 g/mol. The van der Waals surface area contributed by atoms with Gasteiger partial charge in [0.05, 0.1) is 0 Å². The van der Waals surface area contributed by atoms with Crippen molar-refractivity contribution in [2.24, 2.45) is 0 Å². The van der Waals surface area contributed by atoms with Crippen molar-refractivity contribution in [1.82, 2.24) is 4.57 Å². The van der Waals surface area contributed by atoms with E-state index in [-0.39, 0.29) is 5.82 Å². The quantitative estimate of drug-likeness (QED) is 0.652. The smallest absolute Gasteiger partial charge is 0.123 e. The van der Waals surface area contributed by atoms with Gasteiger partial charge >= 0.3 is 0 Å². The van der Waals surface area contributed by atoms with Crippen molar-refractivity contribution in [1.29, 1.82) is 0 Å². The van der Waals surface area contributed by atoms with Crippen molar-refractivity contribution in [3.8, 4) is 11.1 Å². The fourth-order valence-electron chi connectivity index (χ4n) is 2.15. The summed E-state index contributed by atoms with van der Waals surface area (Å²) in [6.45, 7) is 0.849. The number of hydrogen-bond acceptors (Lipinski definition) is 0. The Morgan fingerprint density at radius 1 is 0.789 bits per heavy atom. The van der Waals surface area contributed by atoms with Crippen LogP contribution in [0, 0.1) is 5.82 Å². The van der Waals surface area contributed by atoms with Gasteiger partial charge in [0.25, 0.3) is 0 Å². The molecule has 0 unspecified atom stereocenters. The summed E-state index contributed by atoms with van der Waals surface area (Å²) in [4.78, 5) is 0. The Balaban J connectivity index is 1.82. The molecule has 0 amide bonds. The van der Waals surface area contributed by atoms with E-state index in [9.17, 15) is 4.39 Å². The minimum absolute atomic E-state index is 0.201. The van der Waals surface area contributed by atoms with Crippen LogP contribution in [0.25, 0.3) is 11.1 Å². The lowest BCUT2D eigenvalue weighted by molar-refractivity contribution is 0.628. The topological polar surface area (TPSA) is 4.93 Å². The maximum absolute atomic E-state index is 12.9. The fourth-order valence-corrected chi connectivity index (χ4v) is 2.15. The molecule has 1 heterocycles. The summed E-state index contributed by atoms with van der Waals surface area (Å²) in [5, 5.41) is 0. The van der Waals surface area contributed by atoms with E-state index in [2.05, 4.69) is 29.0 Å². The van der Waals surface area contributed by atoms with Gasteiger partial charge in [-0.05, 0) is 34.9 Å². The summed E-state index contributed by atoms with van der Waals surface area (Å²) in [6.07, 6.45) is 4.13. The van der Waals surface area contributed by atoms with Crippen molar-refractivity contribution in [2.45, 2.75) is 6.54 Å². The monoisotopic (exact) mass is 251 g/mol. The van der Waals surface area contributed by atoms with Gasteiger partial charge in [-0.2, -0.15) is 0 Å². The highest BCUT2D eigenvalue weighted by Gasteiger charge is 2.01. The normalized spacial score (nSPS) is 10.6. The first-order valence-electron chi connectivity index (χ1n) is 6.27. The minimum atomic E-state index is -0.201. The molecule has 3 aromatic rings. The van der Waals surface area contributed by atoms with E-state index in [0.717, 1.165) is 17.7 Å². The van der Waals surface area contributed by atoms with E-state index < -0.39 is 0 Å². The second-order valence-corrected chi connectivity index (χ2v) is 4.57. The van der Waals surface area contributed by atoms with E-state index in [4.69, 9.17) is 0 Å². The molecule has 0 fully saturated rings. The van der Waals surface area contributed by atoms with E-state index in [1.54, 1.807) is 12.1 Å². The molecule has 0 aliphatic carbocycles. The molecule has 19 heavy (non-hydrogen) atoms. The molecule has 1 aromatic heterocycles. The third-order valence-electron chi connectivity index (χ3n) is 3.14. The SMILES string of the molecule is Fc1ccc(-c2ccn(Cc3ccccc3)c2)cc1. The lowest BCUT2D eigenvalue weighted by atomic mass is 10.1. The molecule has 0 atom stereocenters. The highest BCUT2D eigenvalue weighted by molar-refractivity contribution is 5.62. The maximum atomic E-state index is 12.9. The van der Waals surface area contributed by atoms with E-state index in [1.807, 2.05) is 24.4 Å². The lowest BCUT2D eigenvalue weighted by Crippen LogP contribution is -1.95. The molecule has 3 rings (SSSR count). The molecule has 2 heteroatoms. The zero-order chi connectivity index (χ0) is 13.1. The Hall–Kier alpha value is -2.35. The number of benzene rings is 2. The molecule has 94 valence electrons. The summed E-state index contributed by atoms with van der Waals surface area (Å²) in [6, 6.07) is 19.0. The van der Waals surface area contributed by atoms with Crippen LogP contribution in [-0.2, 0) is 6.54 Å². The summed E-state index contributed by atoms with van der Waals surface area (Å²) in [5.41, 5.74) is 3.41. The Morgan fingerprint density at radius 3 is 2.26 bits per heavy atom. The molecule has 0 saturated carbocycles. The van der Waals surface area contributed by atoms with E-state index >= 15 is 0 Å².